The molecule has 0 unspecified atom stereocenters. The number of carbonyl (C=O) groups is 1. The number of nitrogens with zero attached hydrogens (tertiary/aromatic N) is 3. The molecule has 110 valence electrons. The van der Waals surface area contributed by atoms with Gasteiger partial charge >= 0.3 is 11.7 Å². The molecular weight excluding hydrogens is 276 g/mol. The third kappa shape index (κ3) is 2.83. The van der Waals surface area contributed by atoms with E-state index in [4.69, 9.17) is 5.11 Å². The summed E-state index contributed by atoms with van der Waals surface area (Å²) in [6, 6.07) is 6.06. The second kappa shape index (κ2) is 5.61. The summed E-state index contributed by atoms with van der Waals surface area (Å²) < 4.78 is 1.47. The van der Waals surface area contributed by atoms with E-state index in [0.29, 0.717) is 17.9 Å². The highest BCUT2D eigenvalue weighted by Crippen LogP contribution is 2.31. The predicted octanol–water partition coefficient (Wildman–Crippen LogP) is 2.56. The molecule has 21 heavy (non-hydrogen) atoms. The van der Waals surface area contributed by atoms with Gasteiger partial charge < -0.3 is 10.4 Å². The second-order valence-corrected chi connectivity index (χ2v) is 4.37. The Morgan fingerprint density at radius 3 is 2.81 bits per heavy atom. The maximum atomic E-state index is 11.2. The number of hydrogen-bond acceptors (Lipinski definition) is 5. The maximum absolute atomic E-state index is 11.2. The lowest BCUT2D eigenvalue weighted by molar-refractivity contribution is -0.384. The first-order valence-corrected chi connectivity index (χ1v) is 6.26. The molecule has 8 heteroatoms. The number of anilines is 2. The first-order chi connectivity index (χ1) is 9.93. The van der Waals surface area contributed by atoms with Crippen molar-refractivity contribution < 1.29 is 14.8 Å². The van der Waals surface area contributed by atoms with Crippen LogP contribution in [-0.2, 0) is 6.54 Å². The van der Waals surface area contributed by atoms with Gasteiger partial charge in [-0.05, 0) is 32.0 Å². The van der Waals surface area contributed by atoms with Gasteiger partial charge in [-0.2, -0.15) is 5.10 Å². The van der Waals surface area contributed by atoms with Gasteiger partial charge in [0.1, 0.15) is 5.69 Å². The fourth-order valence-corrected chi connectivity index (χ4v) is 2.01. The average molecular weight is 290 g/mol. The van der Waals surface area contributed by atoms with E-state index >= 15 is 0 Å². The predicted molar refractivity (Wildman–Crippen MR) is 76.0 cm³/mol. The molecule has 0 fully saturated rings. The van der Waals surface area contributed by atoms with Crippen molar-refractivity contribution in [1.82, 2.24) is 9.78 Å². The third-order valence-corrected chi connectivity index (χ3v) is 2.95. The van der Waals surface area contributed by atoms with Gasteiger partial charge in [0, 0.05) is 12.2 Å². The average Bonchev–Trinajstić information content (AvgIpc) is 2.75. The van der Waals surface area contributed by atoms with Crippen molar-refractivity contribution in [3.8, 4) is 0 Å². The zero-order chi connectivity index (χ0) is 15.6. The topological polar surface area (TPSA) is 110 Å². The Bertz CT molecular complexity index is 708. The van der Waals surface area contributed by atoms with E-state index in [1.165, 1.54) is 16.8 Å². The van der Waals surface area contributed by atoms with Gasteiger partial charge in [0.2, 0.25) is 5.82 Å². The largest absolute Gasteiger partial charge is 0.478 e. The van der Waals surface area contributed by atoms with E-state index in [1.807, 2.05) is 6.92 Å². The molecule has 0 aliphatic rings. The smallest absolute Gasteiger partial charge is 0.335 e. The van der Waals surface area contributed by atoms with Gasteiger partial charge in [0.05, 0.1) is 10.5 Å². The molecule has 0 amide bonds. The fourth-order valence-electron chi connectivity index (χ4n) is 2.01. The summed E-state index contributed by atoms with van der Waals surface area (Å²) in [6.07, 6.45) is 0. The van der Waals surface area contributed by atoms with E-state index in [-0.39, 0.29) is 17.1 Å². The lowest BCUT2D eigenvalue weighted by atomic mass is 10.2. The molecule has 0 saturated carbocycles. The molecule has 2 N–H and O–H groups in total. The number of aromatic carboxylic acids is 1. The Hall–Kier alpha value is -2.90. The Balaban J connectivity index is 2.46. The van der Waals surface area contributed by atoms with E-state index in [9.17, 15) is 14.9 Å². The minimum Gasteiger partial charge on any atom is -0.478 e. The molecule has 2 rings (SSSR count). The van der Waals surface area contributed by atoms with Gasteiger partial charge in [0.15, 0.2) is 0 Å². The number of rotatable bonds is 5. The molecule has 0 saturated heterocycles. The van der Waals surface area contributed by atoms with Crippen molar-refractivity contribution in [3.63, 3.8) is 0 Å². The first-order valence-electron chi connectivity index (χ1n) is 6.26. The number of carboxylic acid groups (broad SMARTS) is 1. The summed E-state index contributed by atoms with van der Waals surface area (Å²) in [7, 11) is 0. The van der Waals surface area contributed by atoms with Gasteiger partial charge in [0.25, 0.3) is 0 Å². The molecule has 2 aromatic rings. The summed E-state index contributed by atoms with van der Waals surface area (Å²) >= 11 is 0. The Kier molecular flexibility index (Phi) is 3.88. The minimum atomic E-state index is -1.06. The molecule has 0 spiro atoms. The van der Waals surface area contributed by atoms with Crippen LogP contribution in [0.5, 0.6) is 0 Å². The van der Waals surface area contributed by atoms with Crippen molar-refractivity contribution in [1.29, 1.82) is 0 Å². The molecule has 0 aliphatic heterocycles. The van der Waals surface area contributed by atoms with Crippen LogP contribution in [0, 0.1) is 17.0 Å². The van der Waals surface area contributed by atoms with Crippen LogP contribution >= 0.6 is 0 Å². The van der Waals surface area contributed by atoms with Crippen LogP contribution in [-0.4, -0.2) is 25.8 Å². The fraction of sp³-hybridized carbons (Fsp3) is 0.231. The molecule has 0 atom stereocenters. The zero-order valence-corrected chi connectivity index (χ0v) is 11.5. The third-order valence-electron chi connectivity index (χ3n) is 2.95. The Morgan fingerprint density at radius 1 is 1.52 bits per heavy atom. The quantitative estimate of drug-likeness (QED) is 0.646. The van der Waals surface area contributed by atoms with Crippen LogP contribution in [0.2, 0.25) is 0 Å². The maximum Gasteiger partial charge on any atom is 0.335 e. The monoisotopic (exact) mass is 290 g/mol. The molecule has 1 aromatic carbocycles. The van der Waals surface area contributed by atoms with Crippen LogP contribution in [0.1, 0.15) is 23.0 Å². The number of carboxylic acids is 1. The highest BCUT2D eigenvalue weighted by Gasteiger charge is 2.25. The Labute approximate surface area is 120 Å². The zero-order valence-electron chi connectivity index (χ0n) is 11.5. The first kappa shape index (κ1) is 14.5. The summed E-state index contributed by atoms with van der Waals surface area (Å²) in [4.78, 5) is 21.6. The van der Waals surface area contributed by atoms with E-state index in [2.05, 4.69) is 10.4 Å². The molecular formula is C13H14N4O4. The standard InChI is InChI=1S/C13H14N4O4/c1-3-16-12(11(17(20)21)8(2)15-16)14-10-6-4-5-9(7-10)13(18)19/h4-7,14H,3H2,1-2H3,(H,18,19). The molecule has 0 aliphatic carbocycles. The summed E-state index contributed by atoms with van der Waals surface area (Å²) in [6.45, 7) is 3.83. The molecule has 1 heterocycles. The number of nitrogens with one attached hydrogen (secondary N) is 1. The number of aryl methyl sites for hydroxylation is 2. The van der Waals surface area contributed by atoms with Crippen molar-refractivity contribution in [2.45, 2.75) is 20.4 Å². The van der Waals surface area contributed by atoms with Gasteiger partial charge in [-0.3, -0.25) is 10.1 Å². The normalized spacial score (nSPS) is 10.4. The van der Waals surface area contributed by atoms with E-state index in [0.717, 1.165) is 0 Å². The van der Waals surface area contributed by atoms with E-state index < -0.39 is 10.9 Å². The van der Waals surface area contributed by atoms with E-state index in [1.54, 1.807) is 19.1 Å². The number of benzene rings is 1. The van der Waals surface area contributed by atoms with Crippen LogP contribution in [0.15, 0.2) is 24.3 Å². The molecule has 8 nitrogen and oxygen atoms in total. The number of aromatic nitrogens is 2. The van der Waals surface area contributed by atoms with Gasteiger partial charge in [-0.15, -0.1) is 0 Å². The minimum absolute atomic E-state index is 0.0990. The van der Waals surface area contributed by atoms with Crippen molar-refractivity contribution >= 4 is 23.2 Å². The van der Waals surface area contributed by atoms with Crippen LogP contribution in [0.4, 0.5) is 17.2 Å². The lowest BCUT2D eigenvalue weighted by Gasteiger charge is -2.08. The van der Waals surface area contributed by atoms with Crippen LogP contribution in [0.3, 0.4) is 0 Å². The molecule has 1 aromatic heterocycles. The van der Waals surface area contributed by atoms with Crippen molar-refractivity contribution in [3.05, 3.63) is 45.6 Å². The van der Waals surface area contributed by atoms with Gasteiger partial charge in [-0.25, -0.2) is 9.48 Å². The SMILES string of the molecule is CCn1nc(C)c([N+](=O)[O-])c1Nc1cccc(C(=O)O)c1. The van der Waals surface area contributed by atoms with Crippen molar-refractivity contribution in [2.24, 2.45) is 0 Å². The highest BCUT2D eigenvalue weighted by atomic mass is 16.6. The Morgan fingerprint density at radius 2 is 2.24 bits per heavy atom. The molecule has 0 bridgehead atoms. The summed E-state index contributed by atoms with van der Waals surface area (Å²) in [5.74, 6) is -0.823. The summed E-state index contributed by atoms with van der Waals surface area (Å²) in [5, 5.41) is 27.1. The van der Waals surface area contributed by atoms with Crippen molar-refractivity contribution in [2.75, 3.05) is 5.32 Å². The van der Waals surface area contributed by atoms with Crippen LogP contribution < -0.4 is 5.32 Å². The van der Waals surface area contributed by atoms with Crippen LogP contribution in [0.25, 0.3) is 0 Å². The lowest BCUT2D eigenvalue weighted by Crippen LogP contribution is -2.05. The number of nitro groups is 1. The van der Waals surface area contributed by atoms with Gasteiger partial charge in [-0.1, -0.05) is 6.07 Å². The second-order valence-electron chi connectivity index (χ2n) is 4.37. The molecule has 0 radical (unpaired) electrons. The number of hydrogen-bond donors (Lipinski definition) is 2. The summed E-state index contributed by atoms with van der Waals surface area (Å²) in [5.41, 5.74) is 0.742. The highest BCUT2D eigenvalue weighted by molar-refractivity contribution is 5.89.